The molecule has 112 valence electrons. The van der Waals surface area contributed by atoms with Gasteiger partial charge in [-0.25, -0.2) is 0 Å². The molecule has 4 rings (SSSR count). The third kappa shape index (κ3) is 6.14. The van der Waals surface area contributed by atoms with Crippen molar-refractivity contribution in [3.63, 3.8) is 0 Å². The number of hydrogen-bond donors (Lipinski definition) is 0. The minimum Gasteiger partial charge on any atom is -0.116 e. The van der Waals surface area contributed by atoms with Crippen LogP contribution in [0.2, 0.25) is 0 Å². The van der Waals surface area contributed by atoms with Crippen molar-refractivity contribution in [1.82, 2.24) is 0 Å². The van der Waals surface area contributed by atoms with Crippen molar-refractivity contribution in [3.05, 3.63) is 24.3 Å². The maximum atomic E-state index is 2.38. The van der Waals surface area contributed by atoms with Crippen LogP contribution in [-0.2, 0) is 16.5 Å². The monoisotopic (exact) mass is 322 g/mol. The second kappa shape index (κ2) is 8.64. The molecule has 0 aromatic rings. The van der Waals surface area contributed by atoms with Crippen molar-refractivity contribution in [2.75, 3.05) is 20.0 Å². The summed E-state index contributed by atoms with van der Waals surface area (Å²) in [5.41, 5.74) is 0. The van der Waals surface area contributed by atoms with E-state index in [4.69, 9.17) is 0 Å². The van der Waals surface area contributed by atoms with Crippen LogP contribution in [0.4, 0.5) is 0 Å². The van der Waals surface area contributed by atoms with Crippen molar-refractivity contribution in [1.29, 1.82) is 0 Å². The summed E-state index contributed by atoms with van der Waals surface area (Å²) in [5, 5.41) is 0. The average Bonchev–Trinajstić information content (AvgIpc) is 3.12. The van der Waals surface area contributed by atoms with Gasteiger partial charge in [0.05, 0.1) is 0 Å². The van der Waals surface area contributed by atoms with Gasteiger partial charge in [-0.05, 0) is 82.2 Å². The molecule has 0 saturated heterocycles. The van der Waals surface area contributed by atoms with E-state index in [-0.39, 0.29) is 16.5 Å². The summed E-state index contributed by atoms with van der Waals surface area (Å²) in [6.45, 7) is 6.69. The predicted octanol–water partition coefficient (Wildman–Crippen LogP) is 5.30. The molecule has 0 amide bonds. The number of fused-ring (bicyclic) bond motifs is 4. The standard InChI is InChI=1S/2C7H10.C3H9P.Ni/c2*1-2-7-4-3-6(1)5-7;1-4(2)3;/h2*1-2,6-7H,3-5H2;1-3H3;. The normalized spacial score (nSPS) is 35.6. The Balaban J connectivity index is 0.000000146. The molecule has 0 radical (unpaired) electrons. The summed E-state index contributed by atoms with van der Waals surface area (Å²) < 4.78 is 0. The molecule has 4 atom stereocenters. The Morgan fingerprint density at radius 1 is 0.632 bits per heavy atom. The molecule has 0 aliphatic heterocycles. The molecule has 4 aliphatic rings. The van der Waals surface area contributed by atoms with Crippen molar-refractivity contribution in [3.8, 4) is 0 Å². The molecule has 4 aliphatic carbocycles. The van der Waals surface area contributed by atoms with Crippen LogP contribution in [0.3, 0.4) is 0 Å². The van der Waals surface area contributed by atoms with Gasteiger partial charge in [-0.2, -0.15) is 0 Å². The molecule has 0 aromatic carbocycles. The van der Waals surface area contributed by atoms with Crippen molar-refractivity contribution < 1.29 is 16.5 Å². The van der Waals surface area contributed by atoms with Gasteiger partial charge in [0.1, 0.15) is 0 Å². The van der Waals surface area contributed by atoms with Gasteiger partial charge < -0.3 is 0 Å². The van der Waals surface area contributed by atoms with Gasteiger partial charge >= 0.3 is 0 Å². The summed E-state index contributed by atoms with van der Waals surface area (Å²) in [7, 11) is 0.380. The number of rotatable bonds is 0. The Hall–Kier alpha value is 0.404. The molecule has 0 heterocycles. The van der Waals surface area contributed by atoms with E-state index in [0.29, 0.717) is 7.92 Å². The molecule has 0 nitrogen and oxygen atoms in total. The van der Waals surface area contributed by atoms with Gasteiger partial charge in [0, 0.05) is 16.5 Å². The zero-order valence-corrected chi connectivity index (χ0v) is 14.5. The van der Waals surface area contributed by atoms with E-state index in [9.17, 15) is 0 Å². The molecule has 4 bridgehead atoms. The summed E-state index contributed by atoms with van der Waals surface area (Å²) in [6.07, 6.45) is 18.4. The topological polar surface area (TPSA) is 0 Å². The SMILES string of the molecule is C1=CC2CCC1C2.C1=CC2CCC1C2.CP(C)C.[Ni]. The van der Waals surface area contributed by atoms with Crippen LogP contribution in [0.5, 0.6) is 0 Å². The molecular weight excluding hydrogens is 294 g/mol. The second-order valence-electron chi connectivity index (χ2n) is 6.78. The molecule has 0 N–H and O–H groups in total. The van der Waals surface area contributed by atoms with Gasteiger partial charge in [0.25, 0.3) is 0 Å². The Morgan fingerprint density at radius 3 is 0.895 bits per heavy atom. The first-order chi connectivity index (χ1) is 8.63. The van der Waals surface area contributed by atoms with Crippen LogP contribution in [0.15, 0.2) is 24.3 Å². The Labute approximate surface area is 131 Å². The van der Waals surface area contributed by atoms with E-state index < -0.39 is 0 Å². The molecule has 19 heavy (non-hydrogen) atoms. The molecule has 0 spiro atoms. The van der Waals surface area contributed by atoms with Gasteiger partial charge in [0.15, 0.2) is 0 Å². The fourth-order valence-electron chi connectivity index (χ4n) is 3.43. The summed E-state index contributed by atoms with van der Waals surface area (Å²) in [5.74, 6) is 3.96. The third-order valence-corrected chi connectivity index (χ3v) is 4.34. The van der Waals surface area contributed by atoms with Crippen LogP contribution < -0.4 is 0 Å². The van der Waals surface area contributed by atoms with Crippen LogP contribution in [0.25, 0.3) is 0 Å². The first-order valence-corrected chi connectivity index (χ1v) is 10.3. The maximum absolute atomic E-state index is 2.38. The fourth-order valence-corrected chi connectivity index (χ4v) is 3.43. The zero-order valence-electron chi connectivity index (χ0n) is 12.6. The molecular formula is C17H29NiP. The Kier molecular flexibility index (Phi) is 7.94. The summed E-state index contributed by atoms with van der Waals surface area (Å²) >= 11 is 0. The van der Waals surface area contributed by atoms with E-state index in [0.717, 1.165) is 23.7 Å². The predicted molar refractivity (Wildman–Crippen MR) is 84.6 cm³/mol. The largest absolute Gasteiger partial charge is 0.116 e. The van der Waals surface area contributed by atoms with E-state index in [1.54, 1.807) is 0 Å². The number of hydrogen-bond acceptors (Lipinski definition) is 0. The third-order valence-electron chi connectivity index (χ3n) is 4.34. The van der Waals surface area contributed by atoms with Crippen molar-refractivity contribution >= 4 is 7.92 Å². The molecule has 2 saturated carbocycles. The van der Waals surface area contributed by atoms with E-state index >= 15 is 0 Å². The van der Waals surface area contributed by atoms with Gasteiger partial charge in [-0.15, -0.1) is 7.92 Å². The summed E-state index contributed by atoms with van der Waals surface area (Å²) in [6, 6.07) is 0. The molecule has 4 unspecified atom stereocenters. The fraction of sp³-hybridized carbons (Fsp3) is 0.765. The number of allylic oxidation sites excluding steroid dienone is 4. The minimum atomic E-state index is 0. The van der Waals surface area contributed by atoms with Crippen molar-refractivity contribution in [2.45, 2.75) is 38.5 Å². The zero-order chi connectivity index (χ0) is 13.0. The van der Waals surface area contributed by atoms with E-state index in [2.05, 4.69) is 44.3 Å². The van der Waals surface area contributed by atoms with Gasteiger partial charge in [-0.1, -0.05) is 24.3 Å². The van der Waals surface area contributed by atoms with Crippen LogP contribution in [-0.4, -0.2) is 20.0 Å². The molecule has 0 aromatic heterocycles. The first kappa shape index (κ1) is 17.5. The van der Waals surface area contributed by atoms with Gasteiger partial charge in [0.2, 0.25) is 0 Å². The van der Waals surface area contributed by atoms with Crippen LogP contribution >= 0.6 is 7.92 Å². The van der Waals surface area contributed by atoms with E-state index in [1.165, 1.54) is 38.5 Å². The second-order valence-corrected chi connectivity index (χ2v) is 9.46. The van der Waals surface area contributed by atoms with Crippen LogP contribution in [0, 0.1) is 23.7 Å². The summed E-state index contributed by atoms with van der Waals surface area (Å²) in [4.78, 5) is 0. The average molecular weight is 323 g/mol. The Bertz CT molecular complexity index is 254. The smallest absolute Gasteiger partial charge is 0 e. The van der Waals surface area contributed by atoms with Gasteiger partial charge in [-0.3, -0.25) is 0 Å². The first-order valence-electron chi connectivity index (χ1n) is 7.61. The Morgan fingerprint density at radius 2 is 0.842 bits per heavy atom. The van der Waals surface area contributed by atoms with Crippen LogP contribution in [0.1, 0.15) is 38.5 Å². The molecule has 2 heteroatoms. The van der Waals surface area contributed by atoms with E-state index in [1.807, 2.05) is 0 Å². The minimum absolute atomic E-state index is 0. The quantitative estimate of drug-likeness (QED) is 0.322. The maximum Gasteiger partial charge on any atom is 0 e. The molecule has 2 fully saturated rings. The van der Waals surface area contributed by atoms with Crippen molar-refractivity contribution in [2.24, 2.45) is 23.7 Å².